The van der Waals surface area contributed by atoms with Crippen molar-refractivity contribution >= 4 is 33.7 Å². The van der Waals surface area contributed by atoms with Crippen molar-refractivity contribution in [1.29, 1.82) is 0 Å². The van der Waals surface area contributed by atoms with E-state index < -0.39 is 11.9 Å². The van der Waals surface area contributed by atoms with E-state index in [1.165, 1.54) is 32.9 Å². The maximum Gasteiger partial charge on any atom is 0.328 e. The van der Waals surface area contributed by atoms with Crippen LogP contribution in [0.4, 0.5) is 0 Å². The maximum absolute atomic E-state index is 9.55. The largest absolute Gasteiger partial charge is 0.478 e. The van der Waals surface area contributed by atoms with E-state index in [9.17, 15) is 9.59 Å². The molecule has 4 N–H and O–H groups in total. The van der Waals surface area contributed by atoms with Crippen molar-refractivity contribution < 1.29 is 19.8 Å². The van der Waals surface area contributed by atoms with Gasteiger partial charge in [-0.2, -0.15) is 0 Å². The van der Waals surface area contributed by atoms with Crippen LogP contribution in [-0.4, -0.2) is 81.2 Å². The Morgan fingerprint density at radius 2 is 1.00 bits per heavy atom. The van der Waals surface area contributed by atoms with Crippen LogP contribution in [0.25, 0.3) is 21.8 Å². The molecule has 0 atom stereocenters. The fourth-order valence-electron chi connectivity index (χ4n) is 4.46. The quantitative estimate of drug-likeness (QED) is 0.166. The van der Waals surface area contributed by atoms with Gasteiger partial charge < -0.3 is 30.0 Å². The van der Waals surface area contributed by atoms with Crippen LogP contribution in [0.15, 0.2) is 73.1 Å². The first-order valence-corrected chi connectivity index (χ1v) is 14.0. The minimum atomic E-state index is -1.26. The molecule has 0 amide bonds. The van der Waals surface area contributed by atoms with Crippen molar-refractivity contribution in [3.63, 3.8) is 0 Å². The molecular formula is C32H44N4O4. The van der Waals surface area contributed by atoms with Crippen LogP contribution in [-0.2, 0) is 22.4 Å². The lowest BCUT2D eigenvalue weighted by molar-refractivity contribution is -0.134. The second-order valence-corrected chi connectivity index (χ2v) is 9.28. The van der Waals surface area contributed by atoms with E-state index in [4.69, 9.17) is 10.2 Å². The molecule has 0 aliphatic rings. The number of fused-ring (bicyclic) bond motifs is 2. The predicted molar refractivity (Wildman–Crippen MR) is 164 cm³/mol. The van der Waals surface area contributed by atoms with Gasteiger partial charge in [0, 0.05) is 59.4 Å². The number of aliphatic carboxylic acids is 2. The number of benzene rings is 2. The van der Waals surface area contributed by atoms with Crippen LogP contribution >= 0.6 is 0 Å². The van der Waals surface area contributed by atoms with Crippen LogP contribution in [0.1, 0.15) is 38.8 Å². The molecule has 2 heterocycles. The molecule has 0 unspecified atom stereocenters. The molecule has 0 saturated carbocycles. The summed E-state index contributed by atoms with van der Waals surface area (Å²) in [7, 11) is 0. The number of rotatable bonds is 12. The number of nitrogens with zero attached hydrogens (tertiary/aromatic N) is 2. The zero-order chi connectivity index (χ0) is 29.3. The van der Waals surface area contributed by atoms with Crippen molar-refractivity contribution in [3.05, 3.63) is 84.2 Å². The molecule has 8 heteroatoms. The minimum Gasteiger partial charge on any atom is -0.478 e. The van der Waals surface area contributed by atoms with Crippen LogP contribution in [0, 0.1) is 0 Å². The maximum atomic E-state index is 9.55. The summed E-state index contributed by atoms with van der Waals surface area (Å²) < 4.78 is 0. The third-order valence-corrected chi connectivity index (χ3v) is 6.90. The lowest BCUT2D eigenvalue weighted by atomic mass is 10.1. The number of aromatic nitrogens is 2. The highest BCUT2D eigenvalue weighted by atomic mass is 16.4. The lowest BCUT2D eigenvalue weighted by Gasteiger charge is -2.17. The number of carbonyl (C=O) groups is 2. The van der Waals surface area contributed by atoms with E-state index >= 15 is 0 Å². The molecule has 4 rings (SSSR count). The van der Waals surface area contributed by atoms with Crippen LogP contribution < -0.4 is 0 Å². The number of para-hydroxylation sites is 2. The summed E-state index contributed by atoms with van der Waals surface area (Å²) in [5.74, 6) is -2.51. The Morgan fingerprint density at radius 3 is 1.32 bits per heavy atom. The molecule has 0 aliphatic carbocycles. The molecule has 0 radical (unpaired) electrons. The average molecular weight is 549 g/mol. The van der Waals surface area contributed by atoms with Crippen LogP contribution in [0.3, 0.4) is 0 Å². The highest BCUT2D eigenvalue weighted by Gasteiger charge is 2.06. The number of hydrogen-bond donors (Lipinski definition) is 4. The van der Waals surface area contributed by atoms with Crippen molar-refractivity contribution in [2.45, 2.75) is 40.5 Å². The van der Waals surface area contributed by atoms with Crippen LogP contribution in [0.5, 0.6) is 0 Å². The standard InChI is InChI=1S/2C14H20N2.C4H4O4/c2*1-3-16(4-2)10-9-12-11-15-14-8-6-5-7-13(12)14;5-3(6)1-2-4(7)8/h2*5-8,11,15H,3-4,9-10H2,1-2H3;1-2H,(H,5,6)(H,7,8)/b;;2-1+. The van der Waals surface area contributed by atoms with E-state index in [0.717, 1.165) is 52.1 Å². The fraction of sp³-hybridized carbons (Fsp3) is 0.375. The van der Waals surface area contributed by atoms with Gasteiger partial charge in [0.2, 0.25) is 0 Å². The normalized spacial score (nSPS) is 11.1. The Balaban J connectivity index is 0.000000224. The summed E-state index contributed by atoms with van der Waals surface area (Å²) in [5, 5.41) is 18.4. The molecule has 2 aromatic heterocycles. The molecule has 216 valence electrons. The number of nitrogens with one attached hydrogen (secondary N) is 2. The summed E-state index contributed by atoms with van der Waals surface area (Å²) >= 11 is 0. The number of likely N-dealkylation sites (N-methyl/N-ethyl adjacent to an activating group) is 2. The van der Waals surface area contributed by atoms with Gasteiger partial charge in [-0.05, 0) is 62.3 Å². The van der Waals surface area contributed by atoms with Crippen molar-refractivity contribution in [2.75, 3.05) is 39.3 Å². The van der Waals surface area contributed by atoms with E-state index in [1.54, 1.807) is 0 Å². The summed E-state index contributed by atoms with van der Waals surface area (Å²) in [5.41, 5.74) is 5.36. The van der Waals surface area contributed by atoms with E-state index in [2.05, 4.69) is 108 Å². The molecule has 4 aromatic rings. The van der Waals surface area contributed by atoms with Gasteiger partial charge in [-0.3, -0.25) is 0 Å². The molecule has 2 aromatic carbocycles. The first-order valence-electron chi connectivity index (χ1n) is 14.0. The van der Waals surface area contributed by atoms with Gasteiger partial charge in [-0.1, -0.05) is 64.1 Å². The topological polar surface area (TPSA) is 113 Å². The Hall–Kier alpha value is -3.88. The van der Waals surface area contributed by atoms with Gasteiger partial charge in [0.1, 0.15) is 0 Å². The SMILES string of the molecule is CCN(CC)CCc1c[nH]c2ccccc12.CCN(CC)CCc1c[nH]c2ccccc12.O=C(O)/C=C/C(=O)O. The zero-order valence-electron chi connectivity index (χ0n) is 24.2. The van der Waals surface area contributed by atoms with Crippen molar-refractivity contribution in [3.8, 4) is 0 Å². The molecule has 8 nitrogen and oxygen atoms in total. The third-order valence-electron chi connectivity index (χ3n) is 6.90. The second-order valence-electron chi connectivity index (χ2n) is 9.28. The first kappa shape index (κ1) is 32.3. The Bertz CT molecular complexity index is 1230. The molecule has 0 aliphatic heterocycles. The Morgan fingerprint density at radius 1 is 0.650 bits per heavy atom. The monoisotopic (exact) mass is 548 g/mol. The summed E-state index contributed by atoms with van der Waals surface area (Å²) in [6.07, 6.45) is 7.67. The van der Waals surface area contributed by atoms with E-state index in [0.29, 0.717) is 12.2 Å². The van der Waals surface area contributed by atoms with Crippen LogP contribution in [0.2, 0.25) is 0 Å². The Labute approximate surface area is 237 Å². The van der Waals surface area contributed by atoms with Gasteiger partial charge in [0.25, 0.3) is 0 Å². The Kier molecular flexibility index (Phi) is 14.3. The van der Waals surface area contributed by atoms with Gasteiger partial charge in [-0.25, -0.2) is 9.59 Å². The highest BCUT2D eigenvalue weighted by molar-refractivity contribution is 5.89. The number of carboxylic acids is 2. The lowest BCUT2D eigenvalue weighted by Crippen LogP contribution is -2.25. The molecule has 0 fully saturated rings. The van der Waals surface area contributed by atoms with E-state index in [-0.39, 0.29) is 0 Å². The molecule has 40 heavy (non-hydrogen) atoms. The number of aromatic amines is 2. The first-order chi connectivity index (χ1) is 19.3. The highest BCUT2D eigenvalue weighted by Crippen LogP contribution is 2.19. The molecule has 0 spiro atoms. The zero-order valence-corrected chi connectivity index (χ0v) is 24.2. The van der Waals surface area contributed by atoms with E-state index in [1.807, 2.05) is 0 Å². The molecule has 0 saturated heterocycles. The van der Waals surface area contributed by atoms with Crippen molar-refractivity contribution in [1.82, 2.24) is 19.8 Å². The van der Waals surface area contributed by atoms with Gasteiger partial charge in [0.05, 0.1) is 0 Å². The number of H-pyrrole nitrogens is 2. The van der Waals surface area contributed by atoms with Gasteiger partial charge in [0.15, 0.2) is 0 Å². The average Bonchev–Trinajstić information content (AvgIpc) is 3.58. The van der Waals surface area contributed by atoms with Gasteiger partial charge >= 0.3 is 11.9 Å². The minimum absolute atomic E-state index is 0.558. The molecular weight excluding hydrogens is 504 g/mol. The number of carboxylic acid groups (broad SMARTS) is 2. The third kappa shape index (κ3) is 10.7. The molecule has 0 bridgehead atoms. The van der Waals surface area contributed by atoms with Gasteiger partial charge in [-0.15, -0.1) is 0 Å². The fourth-order valence-corrected chi connectivity index (χ4v) is 4.46. The smallest absolute Gasteiger partial charge is 0.328 e. The summed E-state index contributed by atoms with van der Waals surface area (Å²) in [6.45, 7) is 15.7. The predicted octanol–water partition coefficient (Wildman–Crippen LogP) is 5.82. The summed E-state index contributed by atoms with van der Waals surface area (Å²) in [4.78, 5) is 30.7. The summed E-state index contributed by atoms with van der Waals surface area (Å²) in [6, 6.07) is 17.0. The second kappa shape index (κ2) is 17.7. The van der Waals surface area contributed by atoms with Crippen molar-refractivity contribution in [2.24, 2.45) is 0 Å². The number of hydrogen-bond acceptors (Lipinski definition) is 4.